The van der Waals surface area contributed by atoms with Crippen LogP contribution in [0.1, 0.15) is 23.0 Å². The lowest BCUT2D eigenvalue weighted by Gasteiger charge is -2.11. The molecule has 3 rings (SSSR count). The van der Waals surface area contributed by atoms with Gasteiger partial charge in [0.05, 0.1) is 37.5 Å². The van der Waals surface area contributed by atoms with Crippen molar-refractivity contribution in [1.82, 2.24) is 4.98 Å². The summed E-state index contributed by atoms with van der Waals surface area (Å²) in [6, 6.07) is 9.82. The Hall–Kier alpha value is -3.66. The van der Waals surface area contributed by atoms with Gasteiger partial charge in [0.1, 0.15) is 22.9 Å². The molecule has 0 bridgehead atoms. The highest BCUT2D eigenvalue weighted by Crippen LogP contribution is 2.35. The van der Waals surface area contributed by atoms with Gasteiger partial charge in [-0.05, 0) is 31.2 Å². The van der Waals surface area contributed by atoms with Crippen molar-refractivity contribution < 1.29 is 28.7 Å². The average Bonchev–Trinajstić information content (AvgIpc) is 3.26. The van der Waals surface area contributed by atoms with Crippen molar-refractivity contribution >= 4 is 23.0 Å². The van der Waals surface area contributed by atoms with Crippen LogP contribution in [0.15, 0.2) is 41.8 Å². The fourth-order valence-electron chi connectivity index (χ4n) is 2.75. The minimum Gasteiger partial charge on any atom is -0.497 e. The lowest BCUT2D eigenvalue weighted by Crippen LogP contribution is -2.10. The van der Waals surface area contributed by atoms with E-state index in [0.717, 1.165) is 22.4 Å². The molecule has 1 heterocycles. The van der Waals surface area contributed by atoms with E-state index in [2.05, 4.69) is 4.98 Å². The number of carbonyl (C=O) groups excluding carboxylic acids is 1. The molecule has 0 unspecified atom stereocenters. The van der Waals surface area contributed by atoms with Crippen LogP contribution in [0.4, 0.5) is 5.69 Å². The van der Waals surface area contributed by atoms with E-state index in [1.54, 1.807) is 19.4 Å². The number of hydrogen-bond donors (Lipinski definition) is 0. The lowest BCUT2D eigenvalue weighted by atomic mass is 10.1. The van der Waals surface area contributed by atoms with E-state index in [4.69, 9.17) is 18.9 Å². The van der Waals surface area contributed by atoms with E-state index in [1.165, 1.54) is 24.5 Å². The van der Waals surface area contributed by atoms with Gasteiger partial charge in [0.15, 0.2) is 11.5 Å². The van der Waals surface area contributed by atoms with Crippen molar-refractivity contribution in [3.8, 4) is 27.8 Å². The SMILES string of the molecule is CCOc1cc(C(=O)OCc2csc(-c3ccc(OC)cc3)n2)c([N+](=O)[O-])cc1OC. The van der Waals surface area contributed by atoms with Crippen LogP contribution in [0.2, 0.25) is 0 Å². The smallest absolute Gasteiger partial charge is 0.345 e. The predicted molar refractivity (Wildman–Crippen MR) is 114 cm³/mol. The first-order valence-corrected chi connectivity index (χ1v) is 10.1. The molecular weight excluding hydrogens is 424 g/mol. The topological polar surface area (TPSA) is 110 Å². The van der Waals surface area contributed by atoms with E-state index in [1.807, 2.05) is 24.3 Å². The van der Waals surface area contributed by atoms with Crippen LogP contribution in [0.25, 0.3) is 10.6 Å². The number of thiazole rings is 1. The van der Waals surface area contributed by atoms with Crippen LogP contribution in [0.5, 0.6) is 17.2 Å². The zero-order valence-corrected chi connectivity index (χ0v) is 17.9. The molecule has 162 valence electrons. The maximum Gasteiger partial charge on any atom is 0.345 e. The van der Waals surface area contributed by atoms with Gasteiger partial charge in [0.2, 0.25) is 0 Å². The van der Waals surface area contributed by atoms with Crippen molar-refractivity contribution in [2.45, 2.75) is 13.5 Å². The number of rotatable bonds is 9. The molecule has 9 nitrogen and oxygen atoms in total. The summed E-state index contributed by atoms with van der Waals surface area (Å²) < 4.78 is 20.9. The molecule has 0 spiro atoms. The third kappa shape index (κ3) is 5.10. The maximum absolute atomic E-state index is 12.6. The van der Waals surface area contributed by atoms with E-state index >= 15 is 0 Å². The molecule has 0 radical (unpaired) electrons. The number of nitro groups is 1. The minimum absolute atomic E-state index is 0.126. The molecule has 0 saturated heterocycles. The van der Waals surface area contributed by atoms with Gasteiger partial charge in [-0.2, -0.15) is 0 Å². The first-order chi connectivity index (χ1) is 15.0. The summed E-state index contributed by atoms with van der Waals surface area (Å²) in [6.45, 7) is 1.93. The van der Waals surface area contributed by atoms with Crippen LogP contribution < -0.4 is 14.2 Å². The molecule has 0 aliphatic rings. The van der Waals surface area contributed by atoms with Crippen LogP contribution >= 0.6 is 11.3 Å². The van der Waals surface area contributed by atoms with Crippen LogP contribution in [-0.2, 0) is 11.3 Å². The number of aromatic nitrogens is 1. The highest BCUT2D eigenvalue weighted by atomic mass is 32.1. The van der Waals surface area contributed by atoms with Crippen LogP contribution in [-0.4, -0.2) is 36.7 Å². The Morgan fingerprint density at radius 3 is 2.48 bits per heavy atom. The van der Waals surface area contributed by atoms with Crippen LogP contribution in [0, 0.1) is 10.1 Å². The molecule has 0 aliphatic heterocycles. The Bertz CT molecular complexity index is 1080. The molecule has 0 atom stereocenters. The van der Waals surface area contributed by atoms with Crippen molar-refractivity contribution in [2.75, 3.05) is 20.8 Å². The standard InChI is InChI=1S/C21H20N2O7S/c1-4-29-19-9-16(17(23(25)26)10-18(19)28-3)21(24)30-11-14-12-31-20(22-14)13-5-7-15(27-2)8-6-13/h5-10,12H,4,11H2,1-3H3. The highest BCUT2D eigenvalue weighted by Gasteiger charge is 2.26. The van der Waals surface area contributed by atoms with E-state index in [-0.39, 0.29) is 23.7 Å². The normalized spacial score (nSPS) is 10.4. The summed E-state index contributed by atoms with van der Waals surface area (Å²) in [5, 5.41) is 13.9. The highest BCUT2D eigenvalue weighted by molar-refractivity contribution is 7.13. The Morgan fingerprint density at radius 2 is 1.87 bits per heavy atom. The molecule has 3 aromatic rings. The molecular formula is C21H20N2O7S. The molecule has 0 saturated carbocycles. The number of ether oxygens (including phenoxy) is 4. The first kappa shape index (κ1) is 22.0. The van der Waals surface area contributed by atoms with Gasteiger partial charge < -0.3 is 18.9 Å². The zero-order chi connectivity index (χ0) is 22.4. The molecule has 31 heavy (non-hydrogen) atoms. The molecule has 0 N–H and O–H groups in total. The van der Waals surface area contributed by atoms with E-state index in [0.29, 0.717) is 12.3 Å². The third-order valence-electron chi connectivity index (χ3n) is 4.24. The second-order valence-electron chi connectivity index (χ2n) is 6.16. The Morgan fingerprint density at radius 1 is 1.13 bits per heavy atom. The minimum atomic E-state index is -0.852. The number of hydrogen-bond acceptors (Lipinski definition) is 9. The van der Waals surface area contributed by atoms with Gasteiger partial charge in [0.25, 0.3) is 5.69 Å². The van der Waals surface area contributed by atoms with Crippen molar-refractivity contribution in [3.05, 3.63) is 63.1 Å². The number of carbonyl (C=O) groups is 1. The predicted octanol–water partition coefficient (Wildman–Crippen LogP) is 4.49. The summed E-state index contributed by atoms with van der Waals surface area (Å²) >= 11 is 1.40. The Kier molecular flexibility index (Phi) is 7.03. The number of benzene rings is 2. The van der Waals surface area contributed by atoms with Crippen molar-refractivity contribution in [2.24, 2.45) is 0 Å². The van der Waals surface area contributed by atoms with Gasteiger partial charge >= 0.3 is 5.97 Å². The molecule has 1 aromatic heterocycles. The van der Waals surface area contributed by atoms with Gasteiger partial charge in [-0.3, -0.25) is 10.1 Å². The van der Waals surface area contributed by atoms with Gasteiger partial charge in [-0.15, -0.1) is 11.3 Å². The number of methoxy groups -OCH3 is 2. The summed E-state index contributed by atoms with van der Waals surface area (Å²) in [7, 11) is 2.96. The number of nitrogens with zero attached hydrogens (tertiary/aromatic N) is 2. The van der Waals surface area contributed by atoms with Gasteiger partial charge in [0, 0.05) is 17.0 Å². The number of nitro benzene ring substituents is 1. The summed E-state index contributed by atoms with van der Waals surface area (Å²) in [4.78, 5) is 27.8. The molecule has 0 amide bonds. The molecule has 0 fully saturated rings. The number of esters is 1. The molecule has 10 heteroatoms. The third-order valence-corrected chi connectivity index (χ3v) is 5.18. The molecule has 2 aromatic carbocycles. The van der Waals surface area contributed by atoms with E-state index < -0.39 is 16.6 Å². The quantitative estimate of drug-likeness (QED) is 0.270. The first-order valence-electron chi connectivity index (χ1n) is 9.22. The van der Waals surface area contributed by atoms with Gasteiger partial charge in [-0.1, -0.05) is 0 Å². The Labute approximate surface area is 182 Å². The summed E-state index contributed by atoms with van der Waals surface area (Å²) in [5.41, 5.74) is 0.781. The lowest BCUT2D eigenvalue weighted by molar-refractivity contribution is -0.385. The monoisotopic (exact) mass is 444 g/mol. The summed E-state index contributed by atoms with van der Waals surface area (Å²) in [5.74, 6) is 0.267. The van der Waals surface area contributed by atoms with Crippen molar-refractivity contribution in [3.63, 3.8) is 0 Å². The van der Waals surface area contributed by atoms with E-state index in [9.17, 15) is 14.9 Å². The Balaban J connectivity index is 1.76. The zero-order valence-electron chi connectivity index (χ0n) is 17.1. The van der Waals surface area contributed by atoms with Crippen LogP contribution in [0.3, 0.4) is 0 Å². The molecule has 0 aliphatic carbocycles. The van der Waals surface area contributed by atoms with Crippen molar-refractivity contribution in [1.29, 1.82) is 0 Å². The fourth-order valence-corrected chi connectivity index (χ4v) is 3.56. The largest absolute Gasteiger partial charge is 0.497 e. The van der Waals surface area contributed by atoms with Gasteiger partial charge in [-0.25, -0.2) is 9.78 Å². The maximum atomic E-state index is 12.6. The second kappa shape index (κ2) is 9.90. The fraction of sp³-hybridized carbons (Fsp3) is 0.238. The second-order valence-corrected chi connectivity index (χ2v) is 7.02. The summed E-state index contributed by atoms with van der Waals surface area (Å²) in [6.07, 6.45) is 0. The average molecular weight is 444 g/mol.